The molecule has 19 heavy (non-hydrogen) atoms. The SMILES string of the molecule is CC(NC1=NS(=O)(=O)c2cccnc2N1)C(C)(C)C. The van der Waals surface area contributed by atoms with Gasteiger partial charge in [-0.25, -0.2) is 4.98 Å². The van der Waals surface area contributed by atoms with Crippen LogP contribution in [0.5, 0.6) is 0 Å². The maximum Gasteiger partial charge on any atom is 0.289 e. The second-order valence-electron chi connectivity index (χ2n) is 5.62. The van der Waals surface area contributed by atoms with Crippen LogP contribution in [-0.4, -0.2) is 25.4 Å². The van der Waals surface area contributed by atoms with Gasteiger partial charge in [0.1, 0.15) is 4.90 Å². The molecular weight excluding hydrogens is 264 g/mol. The molecule has 104 valence electrons. The minimum atomic E-state index is -3.68. The van der Waals surface area contributed by atoms with E-state index in [9.17, 15) is 8.42 Å². The fraction of sp³-hybridized carbons (Fsp3) is 0.500. The van der Waals surface area contributed by atoms with Crippen molar-refractivity contribution in [3.8, 4) is 0 Å². The van der Waals surface area contributed by atoms with Gasteiger partial charge in [-0.15, -0.1) is 4.40 Å². The number of rotatable bonds is 1. The van der Waals surface area contributed by atoms with Crippen molar-refractivity contribution in [1.29, 1.82) is 0 Å². The number of nitrogens with one attached hydrogen (secondary N) is 2. The highest BCUT2D eigenvalue weighted by Crippen LogP contribution is 2.25. The van der Waals surface area contributed by atoms with Gasteiger partial charge in [0.2, 0.25) is 5.96 Å². The van der Waals surface area contributed by atoms with E-state index in [4.69, 9.17) is 0 Å². The van der Waals surface area contributed by atoms with Crippen LogP contribution in [0.4, 0.5) is 5.82 Å². The summed E-state index contributed by atoms with van der Waals surface area (Å²) in [5.41, 5.74) is -0.0155. The van der Waals surface area contributed by atoms with E-state index in [1.807, 2.05) is 6.92 Å². The summed E-state index contributed by atoms with van der Waals surface area (Å²) in [6.45, 7) is 8.17. The molecule has 1 atom stereocenters. The minimum Gasteiger partial charge on any atom is -0.352 e. The second kappa shape index (κ2) is 4.48. The van der Waals surface area contributed by atoms with E-state index in [0.717, 1.165) is 0 Å². The first-order chi connectivity index (χ1) is 8.70. The monoisotopic (exact) mass is 282 g/mol. The average Bonchev–Trinajstić information content (AvgIpc) is 2.26. The lowest BCUT2D eigenvalue weighted by molar-refractivity contribution is 0.316. The van der Waals surface area contributed by atoms with Crippen LogP contribution in [0.3, 0.4) is 0 Å². The second-order valence-corrected chi connectivity index (χ2v) is 7.19. The van der Waals surface area contributed by atoms with Gasteiger partial charge in [0.15, 0.2) is 5.82 Å². The van der Waals surface area contributed by atoms with Crippen molar-refractivity contribution in [2.24, 2.45) is 9.81 Å². The molecule has 0 spiro atoms. The van der Waals surface area contributed by atoms with Crippen LogP contribution in [-0.2, 0) is 10.0 Å². The summed E-state index contributed by atoms with van der Waals surface area (Å²) in [7, 11) is -3.68. The Bertz CT molecular complexity index is 617. The highest BCUT2D eigenvalue weighted by molar-refractivity contribution is 7.90. The van der Waals surface area contributed by atoms with Gasteiger partial charge in [0.05, 0.1) is 0 Å². The van der Waals surface area contributed by atoms with Crippen molar-refractivity contribution in [3.63, 3.8) is 0 Å². The number of guanidine groups is 1. The maximum atomic E-state index is 12.0. The summed E-state index contributed by atoms with van der Waals surface area (Å²) in [5.74, 6) is 0.523. The molecule has 2 N–H and O–H groups in total. The van der Waals surface area contributed by atoms with Gasteiger partial charge in [-0.2, -0.15) is 8.42 Å². The number of hydrogen-bond acceptors (Lipinski definition) is 5. The van der Waals surface area contributed by atoms with Crippen LogP contribution < -0.4 is 10.6 Å². The minimum absolute atomic E-state index is 0.0155. The van der Waals surface area contributed by atoms with E-state index in [1.54, 1.807) is 6.07 Å². The number of sulfonamides is 1. The number of anilines is 1. The molecule has 1 aliphatic heterocycles. The van der Waals surface area contributed by atoms with Gasteiger partial charge in [0, 0.05) is 12.2 Å². The van der Waals surface area contributed by atoms with Crippen molar-refractivity contribution in [2.45, 2.75) is 38.6 Å². The first-order valence-electron chi connectivity index (χ1n) is 6.04. The molecule has 0 aromatic carbocycles. The van der Waals surface area contributed by atoms with Gasteiger partial charge in [-0.05, 0) is 24.5 Å². The first-order valence-corrected chi connectivity index (χ1v) is 7.48. The van der Waals surface area contributed by atoms with Gasteiger partial charge in [-0.1, -0.05) is 20.8 Å². The maximum absolute atomic E-state index is 12.0. The Morgan fingerprint density at radius 3 is 2.68 bits per heavy atom. The van der Waals surface area contributed by atoms with E-state index < -0.39 is 10.0 Å². The largest absolute Gasteiger partial charge is 0.352 e. The van der Waals surface area contributed by atoms with E-state index in [0.29, 0.717) is 5.82 Å². The zero-order valence-corrected chi connectivity index (χ0v) is 12.2. The average molecular weight is 282 g/mol. The lowest BCUT2D eigenvalue weighted by Crippen LogP contribution is -2.45. The number of pyridine rings is 1. The van der Waals surface area contributed by atoms with Crippen LogP contribution >= 0.6 is 0 Å². The number of aromatic nitrogens is 1. The molecule has 1 aliphatic rings. The Kier molecular flexibility index (Phi) is 3.25. The van der Waals surface area contributed by atoms with E-state index >= 15 is 0 Å². The molecule has 0 aliphatic carbocycles. The van der Waals surface area contributed by atoms with Gasteiger partial charge in [-0.3, -0.25) is 0 Å². The molecule has 1 unspecified atom stereocenters. The summed E-state index contributed by atoms with van der Waals surface area (Å²) >= 11 is 0. The standard InChI is InChI=1S/C12H18N4O2S/c1-8(12(2,3)4)14-11-15-10-9(6-5-7-13-10)19(17,18)16-11/h5-8H,1-4H3,(H2,13,14,15,16). The Hall–Kier alpha value is -1.63. The quantitative estimate of drug-likeness (QED) is 0.817. The third-order valence-corrected chi connectivity index (χ3v) is 4.46. The van der Waals surface area contributed by atoms with Gasteiger partial charge < -0.3 is 10.6 Å². The highest BCUT2D eigenvalue weighted by atomic mass is 32.2. The van der Waals surface area contributed by atoms with Crippen LogP contribution in [0.25, 0.3) is 0 Å². The van der Waals surface area contributed by atoms with Crippen molar-refractivity contribution >= 4 is 21.8 Å². The van der Waals surface area contributed by atoms with Crippen LogP contribution in [0.1, 0.15) is 27.7 Å². The number of fused-ring (bicyclic) bond motifs is 1. The van der Waals surface area contributed by atoms with Crippen molar-refractivity contribution in [3.05, 3.63) is 18.3 Å². The van der Waals surface area contributed by atoms with Crippen LogP contribution in [0.2, 0.25) is 0 Å². The zero-order chi connectivity index (χ0) is 14.3. The Labute approximate surface area is 113 Å². The fourth-order valence-electron chi connectivity index (χ4n) is 1.48. The molecule has 2 rings (SSSR count). The lowest BCUT2D eigenvalue weighted by Gasteiger charge is -2.30. The summed E-state index contributed by atoms with van der Waals surface area (Å²) in [6, 6.07) is 3.11. The Morgan fingerprint density at radius 2 is 2.05 bits per heavy atom. The molecule has 6 nitrogen and oxygen atoms in total. The van der Waals surface area contributed by atoms with Gasteiger partial charge in [0.25, 0.3) is 10.0 Å². The molecule has 1 aromatic heterocycles. The highest BCUT2D eigenvalue weighted by Gasteiger charge is 2.28. The normalized spacial score (nSPS) is 18.8. The molecule has 0 amide bonds. The van der Waals surface area contributed by atoms with E-state index in [-0.39, 0.29) is 22.3 Å². The van der Waals surface area contributed by atoms with E-state index in [2.05, 4.69) is 40.8 Å². The summed E-state index contributed by atoms with van der Waals surface area (Å²) in [5, 5.41) is 5.98. The Morgan fingerprint density at radius 1 is 1.37 bits per heavy atom. The summed E-state index contributed by atoms with van der Waals surface area (Å²) in [6.07, 6.45) is 1.54. The molecular formula is C12H18N4O2S. The Balaban J connectivity index is 2.31. The lowest BCUT2D eigenvalue weighted by atomic mass is 9.88. The van der Waals surface area contributed by atoms with Crippen molar-refractivity contribution in [1.82, 2.24) is 10.3 Å². The smallest absolute Gasteiger partial charge is 0.289 e. The molecule has 0 radical (unpaired) electrons. The predicted octanol–water partition coefficient (Wildman–Crippen LogP) is 1.58. The topological polar surface area (TPSA) is 83.5 Å². The fourth-order valence-corrected chi connectivity index (χ4v) is 2.52. The van der Waals surface area contributed by atoms with Crippen molar-refractivity contribution < 1.29 is 8.42 Å². The predicted molar refractivity (Wildman–Crippen MR) is 74.5 cm³/mol. The zero-order valence-electron chi connectivity index (χ0n) is 11.4. The summed E-state index contributed by atoms with van der Waals surface area (Å²) in [4.78, 5) is 4.12. The summed E-state index contributed by atoms with van der Waals surface area (Å²) < 4.78 is 27.7. The third kappa shape index (κ3) is 2.86. The van der Waals surface area contributed by atoms with Crippen molar-refractivity contribution in [2.75, 3.05) is 5.32 Å². The van der Waals surface area contributed by atoms with Crippen LogP contribution in [0, 0.1) is 5.41 Å². The molecule has 0 saturated carbocycles. The molecule has 0 saturated heterocycles. The molecule has 1 aromatic rings. The number of nitrogens with zero attached hydrogens (tertiary/aromatic N) is 2. The third-order valence-electron chi connectivity index (χ3n) is 3.15. The van der Waals surface area contributed by atoms with E-state index in [1.165, 1.54) is 12.3 Å². The molecule has 0 bridgehead atoms. The first kappa shape index (κ1) is 13.8. The van der Waals surface area contributed by atoms with Crippen LogP contribution in [0.15, 0.2) is 27.6 Å². The molecule has 7 heteroatoms. The van der Waals surface area contributed by atoms with Gasteiger partial charge >= 0.3 is 0 Å². The molecule has 2 heterocycles. The molecule has 0 fully saturated rings. The number of hydrogen-bond donors (Lipinski definition) is 2.